The highest BCUT2D eigenvalue weighted by Crippen LogP contribution is 2.36. The van der Waals surface area contributed by atoms with Gasteiger partial charge in [0.15, 0.2) is 17.3 Å². The highest BCUT2D eigenvalue weighted by molar-refractivity contribution is 6.01. The summed E-state index contributed by atoms with van der Waals surface area (Å²) < 4.78 is 12.3. The zero-order valence-corrected chi connectivity index (χ0v) is 18.6. The number of nitrogens with one attached hydrogen (secondary N) is 2. The molecule has 0 saturated carbocycles. The minimum atomic E-state index is -0.919. The molecule has 36 heavy (non-hydrogen) atoms. The molecule has 1 aliphatic rings. The molecule has 180 valence electrons. The number of hydrogen-bond donors (Lipinski definition) is 2. The second kappa shape index (κ2) is 9.54. The number of nitrogens with zero attached hydrogens (tertiary/aromatic N) is 4. The number of nitro benzene ring substituents is 1. The quantitative estimate of drug-likeness (QED) is 0.323. The van der Waals surface area contributed by atoms with Crippen molar-refractivity contribution in [2.75, 3.05) is 13.2 Å². The van der Waals surface area contributed by atoms with Crippen LogP contribution >= 0.6 is 0 Å². The van der Waals surface area contributed by atoms with Crippen molar-refractivity contribution < 1.29 is 24.0 Å². The van der Waals surface area contributed by atoms with E-state index in [1.54, 1.807) is 0 Å². The van der Waals surface area contributed by atoms with Crippen LogP contribution < -0.4 is 20.3 Å². The number of hydrogen-bond acceptors (Lipinski definition) is 8. The molecule has 0 saturated heterocycles. The minimum absolute atomic E-state index is 0.164. The number of carbonyl (C=O) groups excluding carboxylic acids is 2. The fourth-order valence-electron chi connectivity index (χ4n) is 3.58. The Kier molecular flexibility index (Phi) is 5.97. The molecule has 2 N–H and O–H groups in total. The van der Waals surface area contributed by atoms with Crippen molar-refractivity contribution in [3.8, 4) is 28.6 Å². The summed E-state index contributed by atoms with van der Waals surface area (Å²) in [7, 11) is 0. The van der Waals surface area contributed by atoms with Crippen molar-refractivity contribution in [2.24, 2.45) is 0 Å². The van der Waals surface area contributed by atoms with E-state index in [1.165, 1.54) is 10.7 Å². The minimum Gasteiger partial charge on any atom is -0.486 e. The van der Waals surface area contributed by atoms with Gasteiger partial charge in [-0.2, -0.15) is 0 Å². The van der Waals surface area contributed by atoms with Crippen LogP contribution in [0, 0.1) is 10.1 Å². The van der Waals surface area contributed by atoms with Crippen molar-refractivity contribution in [3.63, 3.8) is 0 Å². The Morgan fingerprint density at radius 3 is 2.17 bits per heavy atom. The van der Waals surface area contributed by atoms with Crippen LogP contribution in [-0.4, -0.2) is 44.7 Å². The van der Waals surface area contributed by atoms with E-state index in [1.807, 2.05) is 60.7 Å². The number of carbonyl (C=O) groups is 2. The lowest BCUT2D eigenvalue weighted by molar-refractivity contribution is -0.385. The Hall–Kier alpha value is -5.26. The van der Waals surface area contributed by atoms with Crippen LogP contribution in [0.4, 0.5) is 5.69 Å². The maximum atomic E-state index is 12.8. The Bertz CT molecular complexity index is 1400. The fraction of sp³-hybridized carbons (Fsp3) is 0.0833. The van der Waals surface area contributed by atoms with Crippen molar-refractivity contribution in [1.29, 1.82) is 0 Å². The molecular formula is C24H18N6O6. The topological polar surface area (TPSA) is 151 Å². The molecule has 0 unspecified atom stereocenters. The molecule has 3 aromatic carbocycles. The molecule has 0 atom stereocenters. The zero-order valence-electron chi connectivity index (χ0n) is 18.6. The molecule has 0 bridgehead atoms. The third-order valence-corrected chi connectivity index (χ3v) is 5.23. The molecule has 1 aromatic heterocycles. The number of aromatic nitrogens is 3. The van der Waals surface area contributed by atoms with Gasteiger partial charge in [-0.15, -0.1) is 5.10 Å². The number of amides is 2. The standard InChI is InChI=1S/C24H18N6O6/c31-23(17-13-19-20(36-12-11-35-19)14-18(17)30(33)34)26-27-24(32)21-25-22(15-7-3-1-4-8-15)29(28-21)16-9-5-2-6-10-16/h1-10,13-14H,11-12H2,(H,26,31)(H,27,32). The molecule has 4 aromatic rings. The Morgan fingerprint density at radius 1 is 0.889 bits per heavy atom. The number of rotatable bonds is 5. The molecule has 1 aliphatic heterocycles. The van der Waals surface area contributed by atoms with E-state index < -0.39 is 22.4 Å². The van der Waals surface area contributed by atoms with E-state index in [4.69, 9.17) is 9.47 Å². The highest BCUT2D eigenvalue weighted by Gasteiger charge is 2.27. The number of para-hydroxylation sites is 1. The maximum absolute atomic E-state index is 12.8. The van der Waals surface area contributed by atoms with Crippen LogP contribution in [0.2, 0.25) is 0 Å². The zero-order chi connectivity index (χ0) is 25.1. The lowest BCUT2D eigenvalue weighted by Gasteiger charge is -2.18. The number of hydrazine groups is 1. The summed E-state index contributed by atoms with van der Waals surface area (Å²) in [5.74, 6) is -1.17. The third kappa shape index (κ3) is 4.42. The van der Waals surface area contributed by atoms with E-state index in [0.29, 0.717) is 11.5 Å². The number of ether oxygens (including phenoxy) is 2. The Labute approximate surface area is 203 Å². The molecule has 12 heteroatoms. The second-order valence-electron chi connectivity index (χ2n) is 7.55. The largest absolute Gasteiger partial charge is 0.486 e. The van der Waals surface area contributed by atoms with Gasteiger partial charge in [-0.1, -0.05) is 48.5 Å². The summed E-state index contributed by atoms with van der Waals surface area (Å²) in [4.78, 5) is 40.7. The van der Waals surface area contributed by atoms with Crippen LogP contribution in [0.5, 0.6) is 11.5 Å². The predicted molar refractivity (Wildman–Crippen MR) is 126 cm³/mol. The number of benzene rings is 3. The first-order valence-electron chi connectivity index (χ1n) is 10.8. The van der Waals surface area contributed by atoms with Gasteiger partial charge < -0.3 is 9.47 Å². The van der Waals surface area contributed by atoms with E-state index in [0.717, 1.165) is 11.6 Å². The SMILES string of the molecule is O=C(NNC(=O)c1cc2c(cc1[N+](=O)[O-])OCCO2)c1nc(-c2ccccc2)n(-c2ccccc2)n1. The average molecular weight is 486 g/mol. The summed E-state index contributed by atoms with van der Waals surface area (Å²) in [6.45, 7) is 0.474. The van der Waals surface area contributed by atoms with Gasteiger partial charge in [-0.3, -0.25) is 30.6 Å². The fourth-order valence-corrected chi connectivity index (χ4v) is 3.58. The van der Waals surface area contributed by atoms with Crippen molar-refractivity contribution in [1.82, 2.24) is 25.6 Å². The molecule has 0 radical (unpaired) electrons. The summed E-state index contributed by atoms with van der Waals surface area (Å²) in [6.07, 6.45) is 0. The normalized spacial score (nSPS) is 12.0. The first-order valence-corrected chi connectivity index (χ1v) is 10.8. The number of nitro groups is 1. The van der Waals surface area contributed by atoms with Crippen molar-refractivity contribution in [2.45, 2.75) is 0 Å². The van der Waals surface area contributed by atoms with Gasteiger partial charge in [0.25, 0.3) is 11.6 Å². The van der Waals surface area contributed by atoms with Gasteiger partial charge in [0.2, 0.25) is 5.82 Å². The summed E-state index contributed by atoms with van der Waals surface area (Å²) >= 11 is 0. The molecule has 0 spiro atoms. The molecule has 12 nitrogen and oxygen atoms in total. The predicted octanol–water partition coefficient (Wildman–Crippen LogP) is 2.69. The van der Waals surface area contributed by atoms with Crippen LogP contribution in [0.15, 0.2) is 72.8 Å². The van der Waals surface area contributed by atoms with Gasteiger partial charge >= 0.3 is 5.91 Å². The average Bonchev–Trinajstić information content (AvgIpc) is 3.37. The van der Waals surface area contributed by atoms with Gasteiger partial charge in [0.05, 0.1) is 16.7 Å². The summed E-state index contributed by atoms with van der Waals surface area (Å²) in [6, 6.07) is 20.6. The van der Waals surface area contributed by atoms with Gasteiger partial charge in [0.1, 0.15) is 18.8 Å². The Balaban J connectivity index is 1.40. The van der Waals surface area contributed by atoms with E-state index in [9.17, 15) is 19.7 Å². The smallest absolute Gasteiger partial charge is 0.309 e. The molecular weight excluding hydrogens is 468 g/mol. The van der Waals surface area contributed by atoms with Crippen molar-refractivity contribution in [3.05, 3.63) is 94.3 Å². The lowest BCUT2D eigenvalue weighted by atomic mass is 10.1. The number of fused-ring (bicyclic) bond motifs is 1. The molecule has 0 aliphatic carbocycles. The van der Waals surface area contributed by atoms with Crippen molar-refractivity contribution >= 4 is 17.5 Å². The molecule has 0 fully saturated rings. The first-order chi connectivity index (χ1) is 17.5. The van der Waals surface area contributed by atoms with Crippen LogP contribution in [-0.2, 0) is 0 Å². The van der Waals surface area contributed by atoms with Gasteiger partial charge in [-0.25, -0.2) is 9.67 Å². The second-order valence-corrected chi connectivity index (χ2v) is 7.55. The lowest BCUT2D eigenvalue weighted by Crippen LogP contribution is -2.42. The van der Waals surface area contributed by atoms with E-state index in [-0.39, 0.29) is 36.1 Å². The van der Waals surface area contributed by atoms with E-state index in [2.05, 4.69) is 20.9 Å². The van der Waals surface area contributed by atoms with E-state index >= 15 is 0 Å². The summed E-state index contributed by atoms with van der Waals surface area (Å²) in [5, 5.41) is 15.8. The Morgan fingerprint density at radius 2 is 1.50 bits per heavy atom. The van der Waals surface area contributed by atoms with Gasteiger partial charge in [0, 0.05) is 11.6 Å². The van der Waals surface area contributed by atoms with Crippen LogP contribution in [0.25, 0.3) is 17.1 Å². The molecule has 5 rings (SSSR count). The monoisotopic (exact) mass is 486 g/mol. The third-order valence-electron chi connectivity index (χ3n) is 5.23. The maximum Gasteiger partial charge on any atom is 0.309 e. The summed E-state index contributed by atoms with van der Waals surface area (Å²) in [5.41, 5.74) is 5.00. The van der Waals surface area contributed by atoms with Crippen LogP contribution in [0.3, 0.4) is 0 Å². The first kappa shape index (κ1) is 22.5. The van der Waals surface area contributed by atoms with Gasteiger partial charge in [-0.05, 0) is 12.1 Å². The molecule has 2 heterocycles. The molecule has 2 amide bonds. The van der Waals surface area contributed by atoms with Crippen LogP contribution in [0.1, 0.15) is 21.0 Å². The highest BCUT2D eigenvalue weighted by atomic mass is 16.6.